The van der Waals surface area contributed by atoms with E-state index in [1.165, 1.54) is 6.07 Å². The second-order valence-corrected chi connectivity index (χ2v) is 7.10. The van der Waals surface area contributed by atoms with Crippen molar-refractivity contribution in [2.45, 2.75) is 51.0 Å². The third kappa shape index (κ3) is 2.90. The molecule has 25 heavy (non-hydrogen) atoms. The third-order valence-electron chi connectivity index (χ3n) is 5.54. The van der Waals surface area contributed by atoms with E-state index in [1.807, 2.05) is 22.7 Å². The van der Waals surface area contributed by atoms with Crippen molar-refractivity contribution in [2.75, 3.05) is 6.54 Å². The number of hydrogen-bond donors (Lipinski definition) is 1. The van der Waals surface area contributed by atoms with E-state index >= 15 is 0 Å². The molecule has 2 aliphatic rings. The molecule has 0 bridgehead atoms. The van der Waals surface area contributed by atoms with Crippen LogP contribution in [0.3, 0.4) is 0 Å². The molecule has 0 aromatic carbocycles. The largest absolute Gasteiger partial charge is 0.330 e. The Morgan fingerprint density at radius 2 is 2.08 bits per heavy atom. The molecule has 1 amide bonds. The van der Waals surface area contributed by atoms with Gasteiger partial charge in [0.25, 0.3) is 5.91 Å². The van der Waals surface area contributed by atoms with Crippen molar-refractivity contribution < 1.29 is 4.79 Å². The number of likely N-dealkylation sites (tertiary alicyclic amines) is 1. The number of H-pyrrole nitrogens is 1. The van der Waals surface area contributed by atoms with Crippen molar-refractivity contribution in [3.8, 4) is 0 Å². The summed E-state index contributed by atoms with van der Waals surface area (Å²) in [6.07, 6.45) is 8.71. The highest BCUT2D eigenvalue weighted by atomic mass is 16.2. The molecule has 1 aliphatic carbocycles. The number of aromatic nitrogens is 3. The molecule has 6 heteroatoms. The van der Waals surface area contributed by atoms with Crippen molar-refractivity contribution in [3.63, 3.8) is 0 Å². The minimum Gasteiger partial charge on any atom is -0.330 e. The summed E-state index contributed by atoms with van der Waals surface area (Å²) in [6.45, 7) is 0.732. The van der Waals surface area contributed by atoms with Crippen LogP contribution < -0.4 is 5.56 Å². The van der Waals surface area contributed by atoms with Crippen molar-refractivity contribution in [1.29, 1.82) is 0 Å². The number of rotatable bonds is 2. The van der Waals surface area contributed by atoms with E-state index in [1.54, 1.807) is 6.20 Å². The minimum absolute atomic E-state index is 0.00449. The molecule has 0 radical (unpaired) electrons. The minimum atomic E-state index is -0.168. The van der Waals surface area contributed by atoms with Crippen molar-refractivity contribution >= 4 is 5.91 Å². The average molecular weight is 340 g/mol. The number of amides is 1. The predicted molar refractivity (Wildman–Crippen MR) is 94.5 cm³/mol. The average Bonchev–Trinajstić information content (AvgIpc) is 3.06. The van der Waals surface area contributed by atoms with E-state index in [2.05, 4.69) is 10.1 Å². The van der Waals surface area contributed by atoms with Crippen LogP contribution >= 0.6 is 0 Å². The number of fused-ring (bicyclic) bond motifs is 1. The lowest BCUT2D eigenvalue weighted by Crippen LogP contribution is -2.40. The number of aromatic amines is 1. The van der Waals surface area contributed by atoms with E-state index in [0.29, 0.717) is 5.56 Å². The highest BCUT2D eigenvalue weighted by molar-refractivity contribution is 5.96. The lowest BCUT2D eigenvalue weighted by Gasteiger charge is -2.36. The number of carbonyl (C=O) groups excluding carboxylic acids is 1. The first-order chi connectivity index (χ1) is 12.1. The first kappa shape index (κ1) is 16.1. The van der Waals surface area contributed by atoms with Crippen LogP contribution in [0.15, 0.2) is 23.1 Å². The molecule has 0 saturated carbocycles. The molecule has 2 aromatic heterocycles. The number of piperidine rings is 1. The number of nitrogens with zero attached hydrogens (tertiary/aromatic N) is 3. The fraction of sp³-hybridized carbons (Fsp3) is 0.526. The second-order valence-electron chi connectivity index (χ2n) is 7.10. The highest BCUT2D eigenvalue weighted by Gasteiger charge is 2.32. The fourth-order valence-electron chi connectivity index (χ4n) is 4.28. The zero-order valence-corrected chi connectivity index (χ0v) is 14.6. The maximum Gasteiger partial charge on any atom is 0.254 e. The van der Waals surface area contributed by atoms with Crippen molar-refractivity contribution in [1.82, 2.24) is 19.7 Å². The summed E-state index contributed by atoms with van der Waals surface area (Å²) >= 11 is 0. The lowest BCUT2D eigenvalue weighted by molar-refractivity contribution is 0.0599. The van der Waals surface area contributed by atoms with Gasteiger partial charge in [0, 0.05) is 37.1 Å². The Hall–Kier alpha value is -2.37. The smallest absolute Gasteiger partial charge is 0.254 e. The van der Waals surface area contributed by atoms with E-state index in [4.69, 9.17) is 0 Å². The van der Waals surface area contributed by atoms with Gasteiger partial charge in [-0.1, -0.05) is 0 Å². The van der Waals surface area contributed by atoms with Gasteiger partial charge in [0.1, 0.15) is 0 Å². The van der Waals surface area contributed by atoms with Crippen LogP contribution in [0.25, 0.3) is 0 Å². The Bertz CT molecular complexity index is 851. The summed E-state index contributed by atoms with van der Waals surface area (Å²) in [6, 6.07) is 3.53. The molecule has 2 aromatic rings. The van der Waals surface area contributed by atoms with Gasteiger partial charge in [0.15, 0.2) is 0 Å². The highest BCUT2D eigenvalue weighted by Crippen LogP contribution is 2.33. The van der Waals surface area contributed by atoms with Gasteiger partial charge in [-0.2, -0.15) is 5.10 Å². The summed E-state index contributed by atoms with van der Waals surface area (Å²) in [4.78, 5) is 30.3. The van der Waals surface area contributed by atoms with E-state index in [0.717, 1.165) is 68.4 Å². The zero-order valence-electron chi connectivity index (χ0n) is 14.6. The van der Waals surface area contributed by atoms with Crippen LogP contribution in [0, 0.1) is 0 Å². The van der Waals surface area contributed by atoms with Gasteiger partial charge < -0.3 is 9.88 Å². The van der Waals surface area contributed by atoms with Crippen molar-refractivity contribution in [3.05, 3.63) is 51.2 Å². The van der Waals surface area contributed by atoms with Crippen molar-refractivity contribution in [2.24, 2.45) is 7.05 Å². The number of aryl methyl sites for hydroxylation is 2. The summed E-state index contributed by atoms with van der Waals surface area (Å²) in [5, 5.41) is 4.27. The molecule has 4 rings (SSSR count). The normalized spacial score (nSPS) is 20.4. The van der Waals surface area contributed by atoms with Crippen LogP contribution in [0.1, 0.15) is 65.5 Å². The molecule has 3 heterocycles. The Kier molecular flexibility index (Phi) is 4.19. The topological polar surface area (TPSA) is 71.0 Å². The van der Waals surface area contributed by atoms with E-state index in [9.17, 15) is 9.59 Å². The van der Waals surface area contributed by atoms with Gasteiger partial charge >= 0.3 is 0 Å². The van der Waals surface area contributed by atoms with Crippen LogP contribution in [0.2, 0.25) is 0 Å². The van der Waals surface area contributed by atoms with Crippen LogP contribution in [-0.4, -0.2) is 32.1 Å². The molecule has 1 atom stereocenters. The van der Waals surface area contributed by atoms with Gasteiger partial charge in [-0.3, -0.25) is 14.3 Å². The van der Waals surface area contributed by atoms with Crippen LogP contribution in [-0.2, 0) is 19.9 Å². The Morgan fingerprint density at radius 1 is 1.24 bits per heavy atom. The summed E-state index contributed by atoms with van der Waals surface area (Å²) in [7, 11) is 1.92. The summed E-state index contributed by atoms with van der Waals surface area (Å²) in [5.74, 6) is -0.00449. The van der Waals surface area contributed by atoms with Gasteiger partial charge in [0.05, 0.1) is 11.7 Å². The van der Waals surface area contributed by atoms with Gasteiger partial charge in [0.2, 0.25) is 5.56 Å². The molecule has 6 nitrogen and oxygen atoms in total. The van der Waals surface area contributed by atoms with Crippen LogP contribution in [0.5, 0.6) is 0 Å². The second kappa shape index (κ2) is 6.50. The van der Waals surface area contributed by atoms with E-state index < -0.39 is 0 Å². The first-order valence-corrected chi connectivity index (χ1v) is 9.19. The molecular weight excluding hydrogens is 316 g/mol. The monoisotopic (exact) mass is 340 g/mol. The summed E-state index contributed by atoms with van der Waals surface area (Å²) in [5.41, 5.74) is 3.50. The third-order valence-corrected chi connectivity index (χ3v) is 5.54. The zero-order chi connectivity index (χ0) is 17.4. The number of carbonyl (C=O) groups is 1. The maximum absolute atomic E-state index is 13.4. The molecular formula is C19H24N4O2. The SMILES string of the molecule is Cn1nccc1C1CCCCN1C(=O)c1cc(=O)[nH]c2c1CCCC2. The molecule has 1 aliphatic heterocycles. The predicted octanol–water partition coefficient (Wildman–Crippen LogP) is 2.35. The summed E-state index contributed by atoms with van der Waals surface area (Å²) < 4.78 is 1.85. The fourth-order valence-corrected chi connectivity index (χ4v) is 4.28. The lowest BCUT2D eigenvalue weighted by atomic mass is 9.90. The molecule has 0 spiro atoms. The van der Waals surface area contributed by atoms with Gasteiger partial charge in [-0.15, -0.1) is 0 Å². The Labute approximate surface area is 146 Å². The van der Waals surface area contributed by atoms with Crippen LogP contribution in [0.4, 0.5) is 0 Å². The maximum atomic E-state index is 13.4. The molecule has 1 fully saturated rings. The standard InChI is InChI=1S/C19H24N4O2/c1-22-16(9-10-20-22)17-8-4-5-11-23(17)19(25)14-12-18(24)21-15-7-3-2-6-13(14)15/h9-10,12,17H,2-8,11H2,1H3,(H,21,24). The molecule has 1 unspecified atom stereocenters. The first-order valence-electron chi connectivity index (χ1n) is 9.19. The molecule has 132 valence electrons. The molecule has 1 N–H and O–H groups in total. The van der Waals surface area contributed by atoms with E-state index in [-0.39, 0.29) is 17.5 Å². The number of pyridine rings is 1. The number of nitrogens with one attached hydrogen (secondary N) is 1. The van der Waals surface area contributed by atoms with Gasteiger partial charge in [-0.25, -0.2) is 0 Å². The number of hydrogen-bond acceptors (Lipinski definition) is 3. The Morgan fingerprint density at radius 3 is 2.88 bits per heavy atom. The Balaban J connectivity index is 1.73. The van der Waals surface area contributed by atoms with Gasteiger partial charge in [-0.05, 0) is 56.6 Å². The quantitative estimate of drug-likeness (QED) is 0.912. The molecule has 1 saturated heterocycles.